The van der Waals surface area contributed by atoms with Crippen LogP contribution in [0.2, 0.25) is 0 Å². The zero-order valence-electron chi connectivity index (χ0n) is 9.39. The van der Waals surface area contributed by atoms with Crippen LogP contribution in [0.4, 0.5) is 0 Å². The van der Waals surface area contributed by atoms with Gasteiger partial charge in [-0.2, -0.15) is 0 Å². The number of halogens is 1. The molecule has 2 heteroatoms. The van der Waals surface area contributed by atoms with Gasteiger partial charge in [0.05, 0.1) is 5.52 Å². The van der Waals surface area contributed by atoms with Crippen LogP contribution in [-0.4, -0.2) is 4.98 Å². The molecule has 0 unspecified atom stereocenters. The highest BCUT2D eigenvalue weighted by Crippen LogP contribution is 2.31. The summed E-state index contributed by atoms with van der Waals surface area (Å²) in [6.45, 7) is 2.12. The Bertz CT molecular complexity index is 560. The van der Waals surface area contributed by atoms with Gasteiger partial charge in [-0.15, -0.1) is 11.6 Å². The van der Waals surface area contributed by atoms with E-state index in [-0.39, 0.29) is 0 Å². The van der Waals surface area contributed by atoms with Gasteiger partial charge < -0.3 is 0 Å². The van der Waals surface area contributed by atoms with Gasteiger partial charge >= 0.3 is 0 Å². The largest absolute Gasteiger partial charge is 0.253 e. The number of aryl methyl sites for hydroxylation is 2. The number of fused-ring (bicyclic) bond motifs is 2. The minimum atomic E-state index is 0.602. The second kappa shape index (κ2) is 3.74. The summed E-state index contributed by atoms with van der Waals surface area (Å²) in [5, 5.41) is 1.25. The molecule has 1 nitrogen and oxygen atoms in total. The van der Waals surface area contributed by atoms with Gasteiger partial charge in [0.15, 0.2) is 0 Å². The van der Waals surface area contributed by atoms with Gasteiger partial charge in [0.2, 0.25) is 0 Å². The number of hydrogen-bond acceptors (Lipinski definition) is 1. The molecule has 0 fully saturated rings. The molecule has 1 heterocycles. The monoisotopic (exact) mass is 231 g/mol. The summed E-state index contributed by atoms with van der Waals surface area (Å²) in [6, 6.07) is 6.44. The molecule has 0 spiro atoms. The Hall–Kier alpha value is -1.08. The normalized spacial score (nSPS) is 14.4. The van der Waals surface area contributed by atoms with Crippen LogP contribution in [0.3, 0.4) is 0 Å². The fourth-order valence-electron chi connectivity index (χ4n) is 2.63. The van der Waals surface area contributed by atoms with Crippen molar-refractivity contribution in [1.29, 1.82) is 0 Å². The van der Waals surface area contributed by atoms with E-state index in [2.05, 4.69) is 25.1 Å². The first kappa shape index (κ1) is 10.1. The molecular formula is C14H14ClN. The zero-order valence-corrected chi connectivity index (χ0v) is 10.1. The lowest BCUT2D eigenvalue weighted by molar-refractivity contribution is 0.899. The molecule has 0 aliphatic heterocycles. The summed E-state index contributed by atoms with van der Waals surface area (Å²) < 4.78 is 0. The number of nitrogens with zero attached hydrogens (tertiary/aromatic N) is 1. The van der Waals surface area contributed by atoms with E-state index in [4.69, 9.17) is 16.6 Å². The van der Waals surface area contributed by atoms with Gasteiger partial charge in [-0.05, 0) is 49.4 Å². The summed E-state index contributed by atoms with van der Waals surface area (Å²) in [5.41, 5.74) is 6.36. The molecule has 0 bridgehead atoms. The van der Waals surface area contributed by atoms with Crippen LogP contribution < -0.4 is 0 Å². The lowest BCUT2D eigenvalue weighted by Crippen LogP contribution is -1.97. The SMILES string of the molecule is Cc1ccc2nc3c(c(CCl)c2c1)CCC3. The molecule has 0 saturated heterocycles. The molecule has 2 aromatic rings. The molecule has 16 heavy (non-hydrogen) atoms. The molecular weight excluding hydrogens is 218 g/mol. The number of alkyl halides is 1. The number of hydrogen-bond donors (Lipinski definition) is 0. The van der Waals surface area contributed by atoms with Gasteiger partial charge in [-0.1, -0.05) is 11.6 Å². The van der Waals surface area contributed by atoms with Crippen molar-refractivity contribution >= 4 is 22.5 Å². The highest BCUT2D eigenvalue weighted by molar-refractivity contribution is 6.18. The van der Waals surface area contributed by atoms with E-state index in [0.29, 0.717) is 5.88 Å². The van der Waals surface area contributed by atoms with Crippen LogP contribution in [0.25, 0.3) is 10.9 Å². The maximum absolute atomic E-state index is 6.11. The van der Waals surface area contributed by atoms with Crippen molar-refractivity contribution in [3.05, 3.63) is 40.6 Å². The third kappa shape index (κ3) is 1.42. The van der Waals surface area contributed by atoms with E-state index in [1.807, 2.05) is 0 Å². The highest BCUT2D eigenvalue weighted by Gasteiger charge is 2.18. The van der Waals surface area contributed by atoms with Crippen molar-refractivity contribution in [3.8, 4) is 0 Å². The van der Waals surface area contributed by atoms with Crippen LogP contribution in [-0.2, 0) is 18.7 Å². The number of pyridine rings is 1. The second-order valence-corrected chi connectivity index (χ2v) is 4.79. The van der Waals surface area contributed by atoms with Crippen LogP contribution in [0.15, 0.2) is 18.2 Å². The first-order valence-electron chi connectivity index (χ1n) is 5.76. The molecule has 0 N–H and O–H groups in total. The lowest BCUT2D eigenvalue weighted by Gasteiger charge is -2.10. The number of benzene rings is 1. The Morgan fingerprint density at radius 1 is 1.31 bits per heavy atom. The molecule has 0 saturated carbocycles. The van der Waals surface area contributed by atoms with Gasteiger partial charge in [0, 0.05) is 17.0 Å². The molecule has 3 rings (SSSR count). The van der Waals surface area contributed by atoms with E-state index in [1.165, 1.54) is 34.2 Å². The standard InChI is InChI=1S/C14H14ClN/c1-9-5-6-14-11(7-9)12(8-15)10-3-2-4-13(10)16-14/h5-7H,2-4,8H2,1H3. The minimum Gasteiger partial charge on any atom is -0.253 e. The van der Waals surface area contributed by atoms with Crippen molar-refractivity contribution in [2.75, 3.05) is 0 Å². The van der Waals surface area contributed by atoms with Gasteiger partial charge in [0.25, 0.3) is 0 Å². The molecule has 1 aromatic heterocycles. The van der Waals surface area contributed by atoms with Gasteiger partial charge in [-0.25, -0.2) is 0 Å². The maximum Gasteiger partial charge on any atom is 0.0708 e. The molecule has 0 radical (unpaired) electrons. The van der Waals surface area contributed by atoms with Gasteiger partial charge in [-0.3, -0.25) is 4.98 Å². The molecule has 0 amide bonds. The summed E-state index contributed by atoms with van der Waals surface area (Å²) in [5.74, 6) is 0.602. The molecule has 0 atom stereocenters. The molecule has 1 aliphatic carbocycles. The first-order valence-corrected chi connectivity index (χ1v) is 6.30. The second-order valence-electron chi connectivity index (χ2n) is 4.52. The fraction of sp³-hybridized carbons (Fsp3) is 0.357. The fourth-order valence-corrected chi connectivity index (χ4v) is 2.93. The summed E-state index contributed by atoms with van der Waals surface area (Å²) in [4.78, 5) is 4.75. The Labute approximate surface area is 100 Å². The third-order valence-corrected chi connectivity index (χ3v) is 3.69. The summed E-state index contributed by atoms with van der Waals surface area (Å²) in [7, 11) is 0. The smallest absolute Gasteiger partial charge is 0.0708 e. The summed E-state index contributed by atoms with van der Waals surface area (Å²) >= 11 is 6.11. The Balaban J connectivity index is 2.40. The van der Waals surface area contributed by atoms with Crippen LogP contribution in [0.5, 0.6) is 0 Å². The van der Waals surface area contributed by atoms with E-state index in [0.717, 1.165) is 18.4 Å². The molecule has 1 aliphatic rings. The first-order chi connectivity index (χ1) is 7.79. The predicted octanol–water partition coefficient (Wildman–Crippen LogP) is 3.77. The van der Waals surface area contributed by atoms with E-state index in [1.54, 1.807) is 0 Å². The Kier molecular flexibility index (Phi) is 2.36. The molecule has 82 valence electrons. The van der Waals surface area contributed by atoms with E-state index >= 15 is 0 Å². The van der Waals surface area contributed by atoms with E-state index in [9.17, 15) is 0 Å². The third-order valence-electron chi connectivity index (χ3n) is 3.42. The molecule has 1 aromatic carbocycles. The van der Waals surface area contributed by atoms with Crippen molar-refractivity contribution in [2.45, 2.75) is 32.1 Å². The number of aromatic nitrogens is 1. The van der Waals surface area contributed by atoms with Crippen LogP contribution in [0, 0.1) is 6.92 Å². The zero-order chi connectivity index (χ0) is 11.1. The highest BCUT2D eigenvalue weighted by atomic mass is 35.5. The quantitative estimate of drug-likeness (QED) is 0.681. The average molecular weight is 232 g/mol. The Morgan fingerprint density at radius 3 is 3.00 bits per heavy atom. The average Bonchev–Trinajstić information content (AvgIpc) is 2.73. The van der Waals surface area contributed by atoms with Crippen molar-refractivity contribution < 1.29 is 0 Å². The topological polar surface area (TPSA) is 12.9 Å². The van der Waals surface area contributed by atoms with Crippen LogP contribution >= 0.6 is 11.6 Å². The lowest BCUT2D eigenvalue weighted by atomic mass is 10.0. The van der Waals surface area contributed by atoms with Crippen LogP contribution in [0.1, 0.15) is 28.8 Å². The van der Waals surface area contributed by atoms with Crippen molar-refractivity contribution in [2.24, 2.45) is 0 Å². The minimum absolute atomic E-state index is 0.602. The number of rotatable bonds is 1. The summed E-state index contributed by atoms with van der Waals surface area (Å²) in [6.07, 6.45) is 3.48. The maximum atomic E-state index is 6.11. The predicted molar refractivity (Wildman–Crippen MR) is 68.1 cm³/mol. The van der Waals surface area contributed by atoms with Crippen molar-refractivity contribution in [1.82, 2.24) is 4.98 Å². The van der Waals surface area contributed by atoms with Crippen molar-refractivity contribution in [3.63, 3.8) is 0 Å². The Morgan fingerprint density at radius 2 is 2.19 bits per heavy atom. The van der Waals surface area contributed by atoms with E-state index < -0.39 is 0 Å². The van der Waals surface area contributed by atoms with Gasteiger partial charge in [0.1, 0.15) is 0 Å².